The summed E-state index contributed by atoms with van der Waals surface area (Å²) >= 11 is 0. The van der Waals surface area contributed by atoms with Crippen LogP contribution in [-0.4, -0.2) is 20.3 Å². The van der Waals surface area contributed by atoms with Gasteiger partial charge in [-0.3, -0.25) is 0 Å². The Balaban J connectivity index is 0.000000249. The molecule has 0 N–H and O–H groups in total. The van der Waals surface area contributed by atoms with Gasteiger partial charge in [0.2, 0.25) is 0 Å². The maximum absolute atomic E-state index is 5.23. The zero-order valence-corrected chi connectivity index (χ0v) is 10.8. The average Bonchev–Trinajstić information content (AvgIpc) is 2.40. The summed E-state index contributed by atoms with van der Waals surface area (Å²) in [6, 6.07) is 14.2. The van der Waals surface area contributed by atoms with E-state index in [1.807, 2.05) is 38.1 Å². The summed E-state index contributed by atoms with van der Waals surface area (Å²) in [4.78, 5) is 0. The molecule has 0 bridgehead atoms. The first-order valence-electron chi connectivity index (χ1n) is 5.93. The second-order valence-corrected chi connectivity index (χ2v) is 3.46. The molecule has 0 radical (unpaired) electrons. The minimum absolute atomic E-state index is 0.844. The molecule has 17 heavy (non-hydrogen) atoms. The van der Waals surface area contributed by atoms with Gasteiger partial charge in [0, 0.05) is 18.6 Å². The molecule has 0 saturated heterocycles. The SMILES string of the molecule is CCOCC.COc1cccc2ccccc12. The van der Waals surface area contributed by atoms with E-state index in [1.165, 1.54) is 10.8 Å². The highest BCUT2D eigenvalue weighted by Gasteiger charge is 1.96. The first kappa shape index (κ1) is 13.5. The van der Waals surface area contributed by atoms with E-state index in [1.54, 1.807) is 7.11 Å². The summed E-state index contributed by atoms with van der Waals surface area (Å²) in [6.07, 6.45) is 0. The second kappa shape index (κ2) is 7.69. The van der Waals surface area contributed by atoms with E-state index in [0.29, 0.717) is 0 Å². The van der Waals surface area contributed by atoms with Gasteiger partial charge in [-0.1, -0.05) is 36.4 Å². The minimum Gasteiger partial charge on any atom is -0.496 e. The van der Waals surface area contributed by atoms with Crippen molar-refractivity contribution in [3.05, 3.63) is 42.5 Å². The van der Waals surface area contributed by atoms with Crippen molar-refractivity contribution in [2.24, 2.45) is 0 Å². The molecule has 2 nitrogen and oxygen atoms in total. The topological polar surface area (TPSA) is 18.5 Å². The predicted molar refractivity (Wildman–Crippen MR) is 72.7 cm³/mol. The van der Waals surface area contributed by atoms with Crippen LogP contribution in [0.4, 0.5) is 0 Å². The van der Waals surface area contributed by atoms with Gasteiger partial charge < -0.3 is 9.47 Å². The van der Waals surface area contributed by atoms with Gasteiger partial charge in [0.15, 0.2) is 0 Å². The highest BCUT2D eigenvalue weighted by Crippen LogP contribution is 2.24. The van der Waals surface area contributed by atoms with Crippen molar-refractivity contribution in [3.8, 4) is 5.75 Å². The zero-order valence-electron chi connectivity index (χ0n) is 10.8. The first-order chi connectivity index (χ1) is 8.33. The quantitative estimate of drug-likeness (QED) is 0.799. The van der Waals surface area contributed by atoms with Gasteiger partial charge in [0.25, 0.3) is 0 Å². The lowest BCUT2D eigenvalue weighted by Crippen LogP contribution is -1.84. The highest BCUT2D eigenvalue weighted by atomic mass is 16.5. The predicted octanol–water partition coefficient (Wildman–Crippen LogP) is 3.89. The number of fused-ring (bicyclic) bond motifs is 1. The number of hydrogen-bond donors (Lipinski definition) is 0. The molecule has 92 valence electrons. The van der Waals surface area contributed by atoms with Crippen LogP contribution in [-0.2, 0) is 4.74 Å². The Morgan fingerprint density at radius 2 is 1.53 bits per heavy atom. The number of rotatable bonds is 3. The molecular formula is C15H20O2. The third-order valence-corrected chi connectivity index (χ3v) is 2.38. The summed E-state index contributed by atoms with van der Waals surface area (Å²) in [5.74, 6) is 0.938. The lowest BCUT2D eigenvalue weighted by molar-refractivity contribution is 0.162. The normalized spacial score (nSPS) is 9.59. The van der Waals surface area contributed by atoms with E-state index in [0.717, 1.165) is 19.0 Å². The molecule has 0 aromatic heterocycles. The van der Waals surface area contributed by atoms with E-state index < -0.39 is 0 Å². The maximum Gasteiger partial charge on any atom is 0.126 e. The molecular weight excluding hydrogens is 212 g/mol. The van der Waals surface area contributed by atoms with Gasteiger partial charge in [0.1, 0.15) is 5.75 Å². The Morgan fingerprint density at radius 3 is 2.12 bits per heavy atom. The number of ether oxygens (including phenoxy) is 2. The van der Waals surface area contributed by atoms with Crippen molar-refractivity contribution in [1.29, 1.82) is 0 Å². The van der Waals surface area contributed by atoms with Gasteiger partial charge >= 0.3 is 0 Å². The summed E-state index contributed by atoms with van der Waals surface area (Å²) < 4.78 is 10.1. The molecule has 2 heteroatoms. The minimum atomic E-state index is 0.844. The number of methoxy groups -OCH3 is 1. The Hall–Kier alpha value is -1.54. The second-order valence-electron chi connectivity index (χ2n) is 3.46. The molecule has 0 fully saturated rings. The lowest BCUT2D eigenvalue weighted by Gasteiger charge is -2.03. The fraction of sp³-hybridized carbons (Fsp3) is 0.333. The Morgan fingerprint density at radius 1 is 0.882 bits per heavy atom. The smallest absolute Gasteiger partial charge is 0.126 e. The van der Waals surface area contributed by atoms with E-state index in [4.69, 9.17) is 9.47 Å². The van der Waals surface area contributed by atoms with Crippen LogP contribution in [0.25, 0.3) is 10.8 Å². The Bertz CT molecular complexity index is 430. The van der Waals surface area contributed by atoms with Crippen molar-refractivity contribution in [1.82, 2.24) is 0 Å². The van der Waals surface area contributed by atoms with Gasteiger partial charge in [-0.15, -0.1) is 0 Å². The molecule has 2 aromatic rings. The third kappa shape index (κ3) is 4.08. The van der Waals surface area contributed by atoms with Gasteiger partial charge in [-0.2, -0.15) is 0 Å². The van der Waals surface area contributed by atoms with Gasteiger partial charge in [-0.05, 0) is 25.3 Å². The standard InChI is InChI=1S/C11H10O.C4H10O/c1-12-11-8-4-6-9-5-2-3-7-10(9)11;1-3-5-4-2/h2-8H,1H3;3-4H2,1-2H3. The molecule has 0 aliphatic heterocycles. The van der Waals surface area contributed by atoms with Crippen molar-refractivity contribution in [2.45, 2.75) is 13.8 Å². The third-order valence-electron chi connectivity index (χ3n) is 2.38. The molecule has 0 atom stereocenters. The highest BCUT2D eigenvalue weighted by molar-refractivity contribution is 5.88. The average molecular weight is 232 g/mol. The van der Waals surface area contributed by atoms with Crippen LogP contribution in [0.3, 0.4) is 0 Å². The van der Waals surface area contributed by atoms with Gasteiger partial charge in [0.05, 0.1) is 7.11 Å². The van der Waals surface area contributed by atoms with E-state index >= 15 is 0 Å². The van der Waals surface area contributed by atoms with Crippen molar-refractivity contribution in [2.75, 3.05) is 20.3 Å². The number of benzene rings is 2. The van der Waals surface area contributed by atoms with Crippen LogP contribution in [0, 0.1) is 0 Å². The van der Waals surface area contributed by atoms with Crippen LogP contribution in [0.5, 0.6) is 5.75 Å². The summed E-state index contributed by atoms with van der Waals surface area (Å²) in [5, 5.41) is 2.39. The molecule has 0 heterocycles. The molecule has 0 spiro atoms. The molecule has 2 aromatic carbocycles. The molecule has 0 aliphatic carbocycles. The Labute approximate surface area is 103 Å². The van der Waals surface area contributed by atoms with E-state index in [9.17, 15) is 0 Å². The monoisotopic (exact) mass is 232 g/mol. The molecule has 0 unspecified atom stereocenters. The fourth-order valence-corrected chi connectivity index (χ4v) is 1.58. The van der Waals surface area contributed by atoms with Crippen molar-refractivity contribution >= 4 is 10.8 Å². The first-order valence-corrected chi connectivity index (χ1v) is 5.93. The lowest BCUT2D eigenvalue weighted by atomic mass is 10.1. The Kier molecular flexibility index (Phi) is 6.12. The molecule has 0 amide bonds. The summed E-state index contributed by atoms with van der Waals surface area (Å²) in [7, 11) is 1.70. The maximum atomic E-state index is 5.23. The number of hydrogen-bond acceptors (Lipinski definition) is 2. The van der Waals surface area contributed by atoms with Crippen molar-refractivity contribution < 1.29 is 9.47 Å². The summed E-state index contributed by atoms with van der Waals surface area (Å²) in [6.45, 7) is 5.67. The molecule has 0 saturated carbocycles. The van der Waals surface area contributed by atoms with Crippen LogP contribution >= 0.6 is 0 Å². The fourth-order valence-electron chi connectivity index (χ4n) is 1.58. The molecule has 0 aliphatic rings. The van der Waals surface area contributed by atoms with Crippen LogP contribution in [0.1, 0.15) is 13.8 Å². The van der Waals surface area contributed by atoms with Gasteiger partial charge in [-0.25, -0.2) is 0 Å². The van der Waals surface area contributed by atoms with Crippen LogP contribution < -0.4 is 4.74 Å². The van der Waals surface area contributed by atoms with Crippen molar-refractivity contribution in [3.63, 3.8) is 0 Å². The summed E-state index contributed by atoms with van der Waals surface area (Å²) in [5.41, 5.74) is 0. The van der Waals surface area contributed by atoms with Crippen LogP contribution in [0.2, 0.25) is 0 Å². The van der Waals surface area contributed by atoms with E-state index in [-0.39, 0.29) is 0 Å². The zero-order chi connectivity index (χ0) is 12.5. The van der Waals surface area contributed by atoms with Crippen LogP contribution in [0.15, 0.2) is 42.5 Å². The molecule has 2 rings (SSSR count). The largest absolute Gasteiger partial charge is 0.496 e. The van der Waals surface area contributed by atoms with E-state index in [2.05, 4.69) is 18.2 Å².